The van der Waals surface area contributed by atoms with Crippen LogP contribution in [0.4, 0.5) is 5.82 Å². The zero-order valence-corrected chi connectivity index (χ0v) is 12.9. The van der Waals surface area contributed by atoms with Crippen LogP contribution in [0.3, 0.4) is 0 Å². The van der Waals surface area contributed by atoms with Gasteiger partial charge in [0.05, 0.1) is 0 Å². The number of carbonyl (C=O) groups is 1. The van der Waals surface area contributed by atoms with E-state index < -0.39 is 0 Å². The Hall–Kier alpha value is -1.69. The Morgan fingerprint density at radius 1 is 1.20 bits per heavy atom. The van der Waals surface area contributed by atoms with E-state index >= 15 is 0 Å². The summed E-state index contributed by atoms with van der Waals surface area (Å²) in [6.07, 6.45) is 1.06. The van der Waals surface area contributed by atoms with E-state index in [1.807, 2.05) is 0 Å². The normalized spacial score (nSPS) is 10.7. The van der Waals surface area contributed by atoms with E-state index in [1.165, 1.54) is 4.90 Å². The second kappa shape index (κ2) is 8.47. The monoisotopic (exact) mass is 279 g/mol. The lowest BCUT2D eigenvalue weighted by Crippen LogP contribution is -2.25. The Morgan fingerprint density at radius 2 is 1.90 bits per heavy atom. The zero-order valence-electron chi connectivity index (χ0n) is 12.9. The van der Waals surface area contributed by atoms with Crippen molar-refractivity contribution in [1.29, 1.82) is 0 Å². The molecular weight excluding hydrogens is 254 g/mol. The third-order valence-corrected chi connectivity index (χ3v) is 3.14. The largest absolute Gasteiger partial charge is 0.369 e. The second-order valence-corrected chi connectivity index (χ2v) is 4.81. The fourth-order valence-electron chi connectivity index (χ4n) is 1.83. The molecule has 0 fully saturated rings. The van der Waals surface area contributed by atoms with Crippen molar-refractivity contribution in [2.75, 3.05) is 45.6 Å². The molecule has 1 heterocycles. The van der Waals surface area contributed by atoms with Crippen LogP contribution in [0.5, 0.6) is 0 Å². The van der Waals surface area contributed by atoms with E-state index in [0.717, 1.165) is 32.6 Å². The molecule has 0 aromatic carbocycles. The minimum absolute atomic E-state index is 0.134. The molecule has 0 aliphatic heterocycles. The van der Waals surface area contributed by atoms with Crippen LogP contribution in [-0.4, -0.2) is 66.2 Å². The highest BCUT2D eigenvalue weighted by molar-refractivity contribution is 5.91. The maximum absolute atomic E-state index is 11.7. The molecule has 0 spiro atoms. The fourth-order valence-corrected chi connectivity index (χ4v) is 1.83. The summed E-state index contributed by atoms with van der Waals surface area (Å²) in [4.78, 5) is 15.5. The van der Waals surface area contributed by atoms with Crippen molar-refractivity contribution in [1.82, 2.24) is 20.0 Å². The molecule has 20 heavy (non-hydrogen) atoms. The van der Waals surface area contributed by atoms with Crippen molar-refractivity contribution in [3.8, 4) is 0 Å². The van der Waals surface area contributed by atoms with E-state index in [9.17, 15) is 4.79 Å². The highest BCUT2D eigenvalue weighted by atomic mass is 16.2. The molecule has 1 rings (SSSR count). The second-order valence-electron chi connectivity index (χ2n) is 4.81. The molecule has 1 aromatic heterocycles. The van der Waals surface area contributed by atoms with Gasteiger partial charge in [0, 0.05) is 20.6 Å². The van der Waals surface area contributed by atoms with Crippen LogP contribution in [0.2, 0.25) is 0 Å². The maximum Gasteiger partial charge on any atom is 0.273 e. The zero-order chi connectivity index (χ0) is 15.0. The lowest BCUT2D eigenvalue weighted by Gasteiger charge is -2.17. The van der Waals surface area contributed by atoms with E-state index in [2.05, 4.69) is 34.3 Å². The lowest BCUT2D eigenvalue weighted by atomic mass is 10.3. The number of hydrogen-bond acceptors (Lipinski definition) is 5. The Kier molecular flexibility index (Phi) is 6.93. The van der Waals surface area contributed by atoms with Crippen LogP contribution in [-0.2, 0) is 0 Å². The summed E-state index contributed by atoms with van der Waals surface area (Å²) < 4.78 is 0. The minimum Gasteiger partial charge on any atom is -0.369 e. The van der Waals surface area contributed by atoms with Gasteiger partial charge in [0.2, 0.25) is 0 Å². The number of anilines is 1. The van der Waals surface area contributed by atoms with Gasteiger partial charge in [0.1, 0.15) is 5.82 Å². The number of rotatable bonds is 8. The Balaban J connectivity index is 2.37. The maximum atomic E-state index is 11.7. The first-order chi connectivity index (χ1) is 9.58. The van der Waals surface area contributed by atoms with Crippen molar-refractivity contribution in [3.63, 3.8) is 0 Å². The SMILES string of the molecule is CCN(CC)CCCNc1ccc(C(=O)N(C)C)nn1. The Labute approximate surface area is 121 Å². The summed E-state index contributed by atoms with van der Waals surface area (Å²) in [6.45, 7) is 8.43. The molecule has 1 amide bonds. The van der Waals surface area contributed by atoms with Gasteiger partial charge in [0.25, 0.3) is 5.91 Å². The number of nitrogens with one attached hydrogen (secondary N) is 1. The first-order valence-electron chi connectivity index (χ1n) is 7.10. The quantitative estimate of drug-likeness (QED) is 0.727. The third kappa shape index (κ3) is 5.13. The van der Waals surface area contributed by atoms with Crippen LogP contribution in [0.15, 0.2) is 12.1 Å². The average molecular weight is 279 g/mol. The number of hydrogen-bond donors (Lipinski definition) is 1. The average Bonchev–Trinajstić information content (AvgIpc) is 2.47. The van der Waals surface area contributed by atoms with Gasteiger partial charge in [-0.05, 0) is 38.2 Å². The molecule has 6 nitrogen and oxygen atoms in total. The lowest BCUT2D eigenvalue weighted by molar-refractivity contribution is 0.0821. The van der Waals surface area contributed by atoms with Crippen molar-refractivity contribution >= 4 is 11.7 Å². The predicted molar refractivity (Wildman–Crippen MR) is 80.9 cm³/mol. The van der Waals surface area contributed by atoms with Crippen LogP contribution in [0.25, 0.3) is 0 Å². The minimum atomic E-state index is -0.134. The summed E-state index contributed by atoms with van der Waals surface area (Å²) in [5, 5.41) is 11.2. The van der Waals surface area contributed by atoms with Gasteiger partial charge >= 0.3 is 0 Å². The Bertz CT molecular complexity index is 401. The summed E-state index contributed by atoms with van der Waals surface area (Å²) in [5.41, 5.74) is 0.365. The molecule has 0 saturated carbocycles. The van der Waals surface area contributed by atoms with Gasteiger partial charge in [-0.1, -0.05) is 13.8 Å². The number of amides is 1. The molecule has 0 radical (unpaired) electrons. The summed E-state index contributed by atoms with van der Waals surface area (Å²) in [7, 11) is 3.40. The highest BCUT2D eigenvalue weighted by Gasteiger charge is 2.09. The molecule has 1 aromatic rings. The topological polar surface area (TPSA) is 61.4 Å². The molecule has 0 saturated heterocycles. The van der Waals surface area contributed by atoms with Crippen molar-refractivity contribution in [3.05, 3.63) is 17.8 Å². The molecule has 0 unspecified atom stereocenters. The summed E-state index contributed by atoms with van der Waals surface area (Å²) >= 11 is 0. The molecule has 6 heteroatoms. The van der Waals surface area contributed by atoms with Gasteiger partial charge in [0.15, 0.2) is 5.69 Å². The van der Waals surface area contributed by atoms with Crippen molar-refractivity contribution in [2.24, 2.45) is 0 Å². The standard InChI is InChI=1S/C14H25N5O/c1-5-19(6-2)11-7-10-15-13-9-8-12(16-17-13)14(20)18(3)4/h8-9H,5-7,10-11H2,1-4H3,(H,15,17). The smallest absolute Gasteiger partial charge is 0.273 e. The van der Waals surface area contributed by atoms with Crippen LogP contribution in [0.1, 0.15) is 30.8 Å². The molecule has 112 valence electrons. The molecule has 0 aliphatic rings. The molecule has 0 atom stereocenters. The number of carbonyl (C=O) groups excluding carboxylic acids is 1. The van der Waals surface area contributed by atoms with Gasteiger partial charge in [-0.25, -0.2) is 0 Å². The summed E-state index contributed by atoms with van der Waals surface area (Å²) in [5.74, 6) is 0.574. The fraction of sp³-hybridized carbons (Fsp3) is 0.643. The van der Waals surface area contributed by atoms with Crippen LogP contribution >= 0.6 is 0 Å². The highest BCUT2D eigenvalue weighted by Crippen LogP contribution is 2.04. The third-order valence-electron chi connectivity index (χ3n) is 3.14. The molecule has 0 aliphatic carbocycles. The van der Waals surface area contributed by atoms with Crippen LogP contribution in [0, 0.1) is 0 Å². The van der Waals surface area contributed by atoms with Crippen molar-refractivity contribution < 1.29 is 4.79 Å². The van der Waals surface area contributed by atoms with Gasteiger partial charge < -0.3 is 15.1 Å². The first kappa shape index (κ1) is 16.4. The van der Waals surface area contributed by atoms with E-state index in [4.69, 9.17) is 0 Å². The molecule has 0 bridgehead atoms. The predicted octanol–water partition coefficient (Wildman–Crippen LogP) is 1.32. The van der Waals surface area contributed by atoms with Gasteiger partial charge in [-0.3, -0.25) is 4.79 Å². The van der Waals surface area contributed by atoms with E-state index in [-0.39, 0.29) is 5.91 Å². The van der Waals surface area contributed by atoms with Gasteiger partial charge in [-0.15, -0.1) is 10.2 Å². The van der Waals surface area contributed by atoms with Crippen LogP contribution < -0.4 is 5.32 Å². The van der Waals surface area contributed by atoms with E-state index in [1.54, 1.807) is 26.2 Å². The van der Waals surface area contributed by atoms with Crippen molar-refractivity contribution in [2.45, 2.75) is 20.3 Å². The summed E-state index contributed by atoms with van der Waals surface area (Å²) in [6, 6.07) is 3.49. The molecular formula is C14H25N5O. The van der Waals surface area contributed by atoms with E-state index in [0.29, 0.717) is 11.5 Å². The Morgan fingerprint density at radius 3 is 2.40 bits per heavy atom. The number of nitrogens with zero attached hydrogens (tertiary/aromatic N) is 4. The van der Waals surface area contributed by atoms with Gasteiger partial charge in [-0.2, -0.15) is 0 Å². The number of aromatic nitrogens is 2. The molecule has 1 N–H and O–H groups in total. The first-order valence-corrected chi connectivity index (χ1v) is 7.10.